The first kappa shape index (κ1) is 20.3. The molecule has 0 aromatic heterocycles. The average molecular weight is 388 g/mol. The number of Topliss-reactive ketones (excluding diaryl/α,β-unsaturated/α-hetero) is 1. The maximum absolute atomic E-state index is 12.3. The minimum absolute atomic E-state index is 0.0148. The van der Waals surface area contributed by atoms with Gasteiger partial charge in [0.15, 0.2) is 12.4 Å². The number of rotatable bonds is 6. The minimum Gasteiger partial charge on any atom is -0.457 e. The van der Waals surface area contributed by atoms with Crippen molar-refractivity contribution < 1.29 is 19.1 Å². The summed E-state index contributed by atoms with van der Waals surface area (Å²) in [6.45, 7) is 6.03. The van der Waals surface area contributed by atoms with Crippen LogP contribution in [-0.4, -0.2) is 18.4 Å². The van der Waals surface area contributed by atoms with E-state index in [1.165, 1.54) is 0 Å². The molecule has 0 aliphatic rings. The van der Waals surface area contributed by atoms with Crippen LogP contribution in [0, 0.1) is 0 Å². The molecule has 29 heavy (non-hydrogen) atoms. The third-order valence-electron chi connectivity index (χ3n) is 4.46. The Bertz CT molecular complexity index is 983. The van der Waals surface area contributed by atoms with Crippen LogP contribution in [0.25, 0.3) is 0 Å². The van der Waals surface area contributed by atoms with E-state index in [9.17, 15) is 9.59 Å². The molecule has 148 valence electrons. The molecule has 0 unspecified atom stereocenters. The van der Waals surface area contributed by atoms with Crippen molar-refractivity contribution >= 4 is 11.8 Å². The summed E-state index contributed by atoms with van der Waals surface area (Å²) in [4.78, 5) is 24.7. The van der Waals surface area contributed by atoms with Crippen molar-refractivity contribution in [3.8, 4) is 11.5 Å². The molecule has 3 rings (SSSR count). The van der Waals surface area contributed by atoms with Gasteiger partial charge in [-0.15, -0.1) is 0 Å². The Kier molecular flexibility index (Phi) is 6.13. The molecule has 0 spiro atoms. The first-order chi connectivity index (χ1) is 13.8. The van der Waals surface area contributed by atoms with Gasteiger partial charge in [-0.05, 0) is 41.3 Å². The number of ether oxygens (including phenoxy) is 2. The van der Waals surface area contributed by atoms with Gasteiger partial charge in [-0.1, -0.05) is 69.3 Å². The predicted molar refractivity (Wildman–Crippen MR) is 113 cm³/mol. The summed E-state index contributed by atoms with van der Waals surface area (Å²) in [6, 6.07) is 23.4. The Labute approximate surface area is 171 Å². The first-order valence-electron chi connectivity index (χ1n) is 9.47. The Morgan fingerprint density at radius 3 is 2.07 bits per heavy atom. The average Bonchev–Trinajstić information content (AvgIpc) is 2.72. The summed E-state index contributed by atoms with van der Waals surface area (Å²) in [5.74, 6) is 0.389. The fourth-order valence-corrected chi connectivity index (χ4v) is 2.77. The van der Waals surface area contributed by atoms with E-state index in [1.54, 1.807) is 36.4 Å². The molecule has 0 amide bonds. The third-order valence-corrected chi connectivity index (χ3v) is 4.46. The molecule has 3 aromatic rings. The number of para-hydroxylation sites is 1. The van der Waals surface area contributed by atoms with Gasteiger partial charge in [0.2, 0.25) is 0 Å². The maximum atomic E-state index is 12.3. The lowest BCUT2D eigenvalue weighted by molar-refractivity contribution is 0.0474. The van der Waals surface area contributed by atoms with Gasteiger partial charge in [0.05, 0.1) is 5.56 Å². The summed E-state index contributed by atoms with van der Waals surface area (Å²) in [7, 11) is 0. The Balaban J connectivity index is 1.60. The van der Waals surface area contributed by atoms with Gasteiger partial charge in [0.25, 0.3) is 0 Å². The van der Waals surface area contributed by atoms with Crippen molar-refractivity contribution in [2.45, 2.75) is 26.2 Å². The Morgan fingerprint density at radius 1 is 0.759 bits per heavy atom. The van der Waals surface area contributed by atoms with Gasteiger partial charge in [-0.3, -0.25) is 4.79 Å². The maximum Gasteiger partial charge on any atom is 0.338 e. The normalized spacial score (nSPS) is 11.0. The molecule has 0 aliphatic carbocycles. The fourth-order valence-electron chi connectivity index (χ4n) is 2.77. The molecule has 0 N–H and O–H groups in total. The number of ketones is 1. The van der Waals surface area contributed by atoms with E-state index in [-0.39, 0.29) is 17.8 Å². The predicted octanol–water partition coefficient (Wildman–Crippen LogP) is 5.82. The van der Waals surface area contributed by atoms with Crippen LogP contribution in [0.3, 0.4) is 0 Å². The zero-order chi connectivity index (χ0) is 20.9. The summed E-state index contributed by atoms with van der Waals surface area (Å²) in [6.07, 6.45) is 0. The van der Waals surface area contributed by atoms with E-state index in [0.717, 1.165) is 5.56 Å². The monoisotopic (exact) mass is 388 g/mol. The van der Waals surface area contributed by atoms with Crippen LogP contribution in [0.1, 0.15) is 47.1 Å². The molecule has 4 nitrogen and oxygen atoms in total. The molecule has 0 radical (unpaired) electrons. The quantitative estimate of drug-likeness (QED) is 0.395. The highest BCUT2D eigenvalue weighted by Gasteiger charge is 2.16. The van der Waals surface area contributed by atoms with Crippen LogP contribution in [0.5, 0.6) is 11.5 Å². The zero-order valence-electron chi connectivity index (χ0n) is 16.8. The van der Waals surface area contributed by atoms with Crippen LogP contribution < -0.4 is 4.74 Å². The molecule has 3 aromatic carbocycles. The number of carbonyl (C=O) groups excluding carboxylic acids is 2. The standard InChI is InChI=1S/C25H24O4/c1-25(2,3)20-14-12-18(13-15-20)23(26)17-28-24(27)19-8-7-11-22(16-19)29-21-9-5-4-6-10-21/h4-16H,17H2,1-3H3. The first-order valence-corrected chi connectivity index (χ1v) is 9.47. The van der Waals surface area contributed by atoms with E-state index < -0.39 is 5.97 Å². The highest BCUT2D eigenvalue weighted by Crippen LogP contribution is 2.23. The van der Waals surface area contributed by atoms with Crippen molar-refractivity contribution in [1.29, 1.82) is 0 Å². The van der Waals surface area contributed by atoms with Crippen LogP contribution >= 0.6 is 0 Å². The molecule has 0 bridgehead atoms. The lowest BCUT2D eigenvalue weighted by Gasteiger charge is -2.18. The van der Waals surface area contributed by atoms with E-state index in [1.807, 2.05) is 42.5 Å². The van der Waals surface area contributed by atoms with Gasteiger partial charge in [0.1, 0.15) is 11.5 Å². The molecule has 0 aliphatic heterocycles. The second kappa shape index (κ2) is 8.74. The van der Waals surface area contributed by atoms with Crippen LogP contribution in [0.15, 0.2) is 78.9 Å². The topological polar surface area (TPSA) is 52.6 Å². The molecular formula is C25H24O4. The van der Waals surface area contributed by atoms with Crippen LogP contribution in [0.2, 0.25) is 0 Å². The van der Waals surface area contributed by atoms with E-state index in [2.05, 4.69) is 20.8 Å². The van der Waals surface area contributed by atoms with Gasteiger partial charge in [0, 0.05) is 5.56 Å². The van der Waals surface area contributed by atoms with Crippen molar-refractivity contribution in [2.24, 2.45) is 0 Å². The fraction of sp³-hybridized carbons (Fsp3) is 0.200. The molecule has 0 fully saturated rings. The third kappa shape index (κ3) is 5.55. The molecule has 0 saturated carbocycles. The van der Waals surface area contributed by atoms with Crippen molar-refractivity contribution in [2.75, 3.05) is 6.61 Å². The smallest absolute Gasteiger partial charge is 0.338 e. The highest BCUT2D eigenvalue weighted by molar-refractivity contribution is 5.99. The number of hydrogen-bond donors (Lipinski definition) is 0. The second-order valence-electron chi connectivity index (χ2n) is 7.77. The lowest BCUT2D eigenvalue weighted by Crippen LogP contribution is -2.15. The molecule has 4 heteroatoms. The number of carbonyl (C=O) groups is 2. The summed E-state index contributed by atoms with van der Waals surface area (Å²) < 4.78 is 10.9. The largest absolute Gasteiger partial charge is 0.457 e. The van der Waals surface area contributed by atoms with Crippen LogP contribution in [0.4, 0.5) is 0 Å². The van der Waals surface area contributed by atoms with E-state index in [4.69, 9.17) is 9.47 Å². The Morgan fingerprint density at radius 2 is 1.41 bits per heavy atom. The van der Waals surface area contributed by atoms with Gasteiger partial charge < -0.3 is 9.47 Å². The molecular weight excluding hydrogens is 364 g/mol. The van der Waals surface area contributed by atoms with E-state index >= 15 is 0 Å². The number of esters is 1. The summed E-state index contributed by atoms with van der Waals surface area (Å²) >= 11 is 0. The van der Waals surface area contributed by atoms with Crippen molar-refractivity contribution in [3.05, 3.63) is 95.6 Å². The zero-order valence-corrected chi connectivity index (χ0v) is 16.8. The Hall–Kier alpha value is -3.40. The number of hydrogen-bond acceptors (Lipinski definition) is 4. The lowest BCUT2D eigenvalue weighted by atomic mass is 9.86. The number of benzene rings is 3. The highest BCUT2D eigenvalue weighted by atomic mass is 16.5. The molecule has 0 heterocycles. The van der Waals surface area contributed by atoms with Crippen LogP contribution in [-0.2, 0) is 10.2 Å². The minimum atomic E-state index is -0.567. The van der Waals surface area contributed by atoms with Gasteiger partial charge in [-0.25, -0.2) is 4.79 Å². The van der Waals surface area contributed by atoms with E-state index in [0.29, 0.717) is 22.6 Å². The van der Waals surface area contributed by atoms with Gasteiger partial charge >= 0.3 is 5.97 Å². The second-order valence-corrected chi connectivity index (χ2v) is 7.77. The summed E-state index contributed by atoms with van der Waals surface area (Å²) in [5.41, 5.74) is 2.00. The summed E-state index contributed by atoms with van der Waals surface area (Å²) in [5, 5.41) is 0. The van der Waals surface area contributed by atoms with Crippen molar-refractivity contribution in [3.63, 3.8) is 0 Å². The molecule has 0 atom stereocenters. The van der Waals surface area contributed by atoms with Gasteiger partial charge in [-0.2, -0.15) is 0 Å². The SMILES string of the molecule is CC(C)(C)c1ccc(C(=O)COC(=O)c2cccc(Oc3ccccc3)c2)cc1. The van der Waals surface area contributed by atoms with Crippen molar-refractivity contribution in [1.82, 2.24) is 0 Å². The molecule has 0 saturated heterocycles.